The Morgan fingerprint density at radius 2 is 1.79 bits per heavy atom. The second-order valence-electron chi connectivity index (χ2n) is 7.95. The van der Waals surface area contributed by atoms with E-state index in [1.807, 2.05) is 24.3 Å². The van der Waals surface area contributed by atoms with Crippen molar-refractivity contribution in [3.05, 3.63) is 48.8 Å². The fourth-order valence-corrected chi connectivity index (χ4v) is 4.02. The molecule has 1 aliphatic carbocycles. The van der Waals surface area contributed by atoms with Gasteiger partial charge >= 0.3 is 0 Å². The van der Waals surface area contributed by atoms with E-state index < -0.39 is 0 Å². The minimum Gasteiger partial charge on any atom is -0.472 e. The van der Waals surface area contributed by atoms with Crippen molar-refractivity contribution < 1.29 is 4.74 Å². The third kappa shape index (κ3) is 3.96. The average molecular weight is 390 g/mol. The summed E-state index contributed by atoms with van der Waals surface area (Å²) in [5.41, 5.74) is 7.04. The van der Waals surface area contributed by atoms with E-state index in [9.17, 15) is 0 Å². The third-order valence-corrected chi connectivity index (χ3v) is 5.81. The van der Waals surface area contributed by atoms with Crippen LogP contribution < -0.4 is 20.7 Å². The molecule has 2 aromatic heterocycles. The van der Waals surface area contributed by atoms with Crippen molar-refractivity contribution >= 4 is 22.5 Å². The first-order chi connectivity index (χ1) is 14.2. The highest BCUT2D eigenvalue weighted by Gasteiger charge is 2.33. The number of anilines is 2. The quantitative estimate of drug-likeness (QED) is 0.692. The molecule has 0 atom stereocenters. The molecule has 150 valence electrons. The van der Waals surface area contributed by atoms with Crippen LogP contribution in [0.15, 0.2) is 48.8 Å². The Hall–Kier alpha value is -2.93. The predicted octanol–water partition coefficient (Wildman–Crippen LogP) is 2.97. The van der Waals surface area contributed by atoms with Crippen LogP contribution in [0.2, 0.25) is 0 Å². The second kappa shape index (κ2) is 7.83. The van der Waals surface area contributed by atoms with Gasteiger partial charge in [-0.3, -0.25) is 0 Å². The maximum Gasteiger partial charge on any atom is 0.257 e. The van der Waals surface area contributed by atoms with Crippen LogP contribution in [0, 0.1) is 0 Å². The maximum absolute atomic E-state index is 6.19. The van der Waals surface area contributed by atoms with Gasteiger partial charge in [0, 0.05) is 55.8 Å². The lowest BCUT2D eigenvalue weighted by Crippen LogP contribution is -2.43. The van der Waals surface area contributed by atoms with Gasteiger partial charge in [-0.15, -0.1) is 0 Å². The standard InChI is InChI=1S/C22H26N6O/c23-16-7-11-28(12-8-16)21-22(25-10-9-24-21)29-18-13-17(14-18)26-20-6-5-15-3-1-2-4-19(15)27-20/h1-6,9-10,16-18H,7-8,11-14,23H2,(H,26,27). The molecule has 2 aliphatic rings. The van der Waals surface area contributed by atoms with Gasteiger partial charge in [0.2, 0.25) is 0 Å². The summed E-state index contributed by atoms with van der Waals surface area (Å²) in [7, 11) is 0. The van der Waals surface area contributed by atoms with E-state index in [0.29, 0.717) is 11.9 Å². The number of hydrogen-bond acceptors (Lipinski definition) is 7. The van der Waals surface area contributed by atoms with Crippen LogP contribution in [0.1, 0.15) is 25.7 Å². The molecule has 0 radical (unpaired) electrons. The fourth-order valence-electron chi connectivity index (χ4n) is 4.02. The number of piperidine rings is 1. The molecule has 1 aromatic carbocycles. The van der Waals surface area contributed by atoms with Gasteiger partial charge in [-0.05, 0) is 31.0 Å². The third-order valence-electron chi connectivity index (χ3n) is 5.81. The van der Waals surface area contributed by atoms with Crippen LogP contribution in [0.3, 0.4) is 0 Å². The molecule has 2 fully saturated rings. The lowest BCUT2D eigenvalue weighted by molar-refractivity contribution is 0.102. The molecule has 0 spiro atoms. The zero-order valence-corrected chi connectivity index (χ0v) is 16.4. The van der Waals surface area contributed by atoms with Crippen molar-refractivity contribution in [2.24, 2.45) is 5.73 Å². The number of rotatable bonds is 5. The normalized spacial score (nSPS) is 22.3. The summed E-state index contributed by atoms with van der Waals surface area (Å²) < 4.78 is 6.19. The Bertz CT molecular complexity index is 982. The van der Waals surface area contributed by atoms with E-state index in [-0.39, 0.29) is 12.1 Å². The molecule has 3 aromatic rings. The van der Waals surface area contributed by atoms with Crippen LogP contribution >= 0.6 is 0 Å². The molecule has 3 heterocycles. The molecule has 0 amide bonds. The number of fused-ring (bicyclic) bond motifs is 1. The molecule has 3 N–H and O–H groups in total. The largest absolute Gasteiger partial charge is 0.472 e. The van der Waals surface area contributed by atoms with Gasteiger partial charge in [0.1, 0.15) is 11.9 Å². The van der Waals surface area contributed by atoms with Gasteiger partial charge in [0.15, 0.2) is 5.82 Å². The van der Waals surface area contributed by atoms with Crippen LogP contribution in [0.5, 0.6) is 5.88 Å². The number of pyridine rings is 1. The summed E-state index contributed by atoms with van der Waals surface area (Å²) in [6.07, 6.45) is 7.38. The lowest BCUT2D eigenvalue weighted by Gasteiger charge is -2.37. The Morgan fingerprint density at radius 3 is 2.66 bits per heavy atom. The maximum atomic E-state index is 6.19. The SMILES string of the molecule is NC1CCN(c2nccnc2OC2CC(Nc3ccc4ccccc4n3)C2)CC1. The first-order valence-electron chi connectivity index (χ1n) is 10.3. The van der Waals surface area contributed by atoms with Gasteiger partial charge in [0.25, 0.3) is 5.88 Å². The van der Waals surface area contributed by atoms with E-state index in [1.54, 1.807) is 12.4 Å². The minimum absolute atomic E-state index is 0.149. The molecule has 7 heteroatoms. The molecule has 1 saturated carbocycles. The van der Waals surface area contributed by atoms with E-state index >= 15 is 0 Å². The molecular formula is C22H26N6O. The first-order valence-corrected chi connectivity index (χ1v) is 10.3. The van der Waals surface area contributed by atoms with Crippen molar-refractivity contribution in [1.82, 2.24) is 15.0 Å². The Balaban J connectivity index is 1.19. The summed E-state index contributed by atoms with van der Waals surface area (Å²) in [5, 5.41) is 4.67. The second-order valence-corrected chi connectivity index (χ2v) is 7.95. The molecule has 1 saturated heterocycles. The van der Waals surface area contributed by atoms with Gasteiger partial charge in [0.05, 0.1) is 5.52 Å². The highest BCUT2D eigenvalue weighted by molar-refractivity contribution is 5.80. The summed E-state index contributed by atoms with van der Waals surface area (Å²) in [5.74, 6) is 2.39. The predicted molar refractivity (Wildman–Crippen MR) is 114 cm³/mol. The summed E-state index contributed by atoms with van der Waals surface area (Å²) in [6, 6.07) is 13.0. The zero-order chi connectivity index (χ0) is 19.6. The van der Waals surface area contributed by atoms with Gasteiger partial charge in [-0.2, -0.15) is 0 Å². The number of ether oxygens (including phenoxy) is 1. The van der Waals surface area contributed by atoms with E-state index in [1.165, 1.54) is 0 Å². The summed E-state index contributed by atoms with van der Waals surface area (Å²) >= 11 is 0. The van der Waals surface area contributed by atoms with Crippen LogP contribution in [0.4, 0.5) is 11.6 Å². The van der Waals surface area contributed by atoms with Crippen LogP contribution in [0.25, 0.3) is 10.9 Å². The van der Waals surface area contributed by atoms with E-state index in [2.05, 4.69) is 32.3 Å². The van der Waals surface area contributed by atoms with E-state index in [4.69, 9.17) is 15.5 Å². The van der Waals surface area contributed by atoms with Gasteiger partial charge in [-0.1, -0.05) is 18.2 Å². The number of nitrogens with one attached hydrogen (secondary N) is 1. The van der Waals surface area contributed by atoms with Crippen molar-refractivity contribution in [2.75, 3.05) is 23.3 Å². The Kier molecular flexibility index (Phi) is 4.89. The number of aromatic nitrogens is 3. The zero-order valence-electron chi connectivity index (χ0n) is 16.4. The first kappa shape index (κ1) is 18.1. The number of para-hydroxylation sites is 1. The van der Waals surface area contributed by atoms with Crippen molar-refractivity contribution in [1.29, 1.82) is 0 Å². The molecule has 0 unspecified atom stereocenters. The number of hydrogen-bond donors (Lipinski definition) is 2. The molecule has 29 heavy (non-hydrogen) atoms. The Labute approximate surface area is 170 Å². The van der Waals surface area contributed by atoms with Gasteiger partial charge < -0.3 is 20.7 Å². The topological polar surface area (TPSA) is 89.2 Å². The van der Waals surface area contributed by atoms with Crippen LogP contribution in [-0.4, -0.2) is 46.2 Å². The lowest BCUT2D eigenvalue weighted by atomic mass is 9.89. The smallest absolute Gasteiger partial charge is 0.257 e. The van der Waals surface area contributed by atoms with E-state index in [0.717, 1.165) is 61.3 Å². The minimum atomic E-state index is 0.149. The highest BCUT2D eigenvalue weighted by Crippen LogP contribution is 2.32. The number of benzene rings is 1. The van der Waals surface area contributed by atoms with Gasteiger partial charge in [-0.25, -0.2) is 15.0 Å². The summed E-state index contributed by atoms with van der Waals surface area (Å²) in [4.78, 5) is 15.9. The molecule has 7 nitrogen and oxygen atoms in total. The van der Waals surface area contributed by atoms with Crippen LogP contribution in [-0.2, 0) is 0 Å². The molecule has 0 bridgehead atoms. The molecule has 5 rings (SSSR count). The van der Waals surface area contributed by atoms with Crippen molar-refractivity contribution in [2.45, 2.75) is 43.9 Å². The average Bonchev–Trinajstić information content (AvgIpc) is 2.73. The Morgan fingerprint density at radius 1 is 1.00 bits per heavy atom. The highest BCUT2D eigenvalue weighted by atomic mass is 16.5. The fraction of sp³-hybridized carbons (Fsp3) is 0.409. The molecule has 1 aliphatic heterocycles. The monoisotopic (exact) mass is 390 g/mol. The molecular weight excluding hydrogens is 364 g/mol. The number of nitrogens with zero attached hydrogens (tertiary/aromatic N) is 4. The summed E-state index contributed by atoms with van der Waals surface area (Å²) in [6.45, 7) is 1.80. The number of nitrogens with two attached hydrogens (primary N) is 1. The van der Waals surface area contributed by atoms with Crippen molar-refractivity contribution in [3.8, 4) is 5.88 Å². The van der Waals surface area contributed by atoms with Crippen molar-refractivity contribution in [3.63, 3.8) is 0 Å².